The van der Waals surface area contributed by atoms with Gasteiger partial charge in [0.15, 0.2) is 11.6 Å². The van der Waals surface area contributed by atoms with Crippen LogP contribution in [0.3, 0.4) is 0 Å². The van der Waals surface area contributed by atoms with Gasteiger partial charge in [0.25, 0.3) is 0 Å². The summed E-state index contributed by atoms with van der Waals surface area (Å²) in [5.41, 5.74) is -0.309. The molecule has 0 amide bonds. The largest absolute Gasteiger partial charge is 0.478 e. The number of carboxylic acids is 1. The summed E-state index contributed by atoms with van der Waals surface area (Å²) in [6, 6.07) is 1.20. The SMILES string of the molecule is CC(C)C1CCN(c2nccc(C(=O)O)c2F)CC1. The van der Waals surface area contributed by atoms with Gasteiger partial charge in [-0.15, -0.1) is 0 Å². The average molecular weight is 266 g/mol. The highest BCUT2D eigenvalue weighted by Crippen LogP contribution is 2.28. The molecule has 19 heavy (non-hydrogen) atoms. The Morgan fingerprint density at radius 3 is 2.63 bits per heavy atom. The lowest BCUT2D eigenvalue weighted by atomic mass is 9.87. The number of aromatic nitrogens is 1. The minimum absolute atomic E-state index is 0.169. The Morgan fingerprint density at radius 1 is 1.47 bits per heavy atom. The van der Waals surface area contributed by atoms with Crippen molar-refractivity contribution < 1.29 is 14.3 Å². The summed E-state index contributed by atoms with van der Waals surface area (Å²) in [6.07, 6.45) is 3.35. The number of carbonyl (C=O) groups is 1. The predicted molar refractivity (Wildman–Crippen MR) is 70.9 cm³/mol. The molecule has 1 aliphatic rings. The highest BCUT2D eigenvalue weighted by molar-refractivity contribution is 5.88. The molecule has 2 rings (SSSR count). The second kappa shape index (κ2) is 5.55. The van der Waals surface area contributed by atoms with Crippen molar-refractivity contribution in [2.24, 2.45) is 11.8 Å². The Kier molecular flexibility index (Phi) is 4.02. The number of carboxylic acid groups (broad SMARTS) is 1. The van der Waals surface area contributed by atoms with E-state index in [0.717, 1.165) is 25.9 Å². The smallest absolute Gasteiger partial charge is 0.338 e. The van der Waals surface area contributed by atoms with Gasteiger partial charge in [0.05, 0.1) is 0 Å². The van der Waals surface area contributed by atoms with E-state index in [-0.39, 0.29) is 11.4 Å². The molecular weight excluding hydrogens is 247 g/mol. The molecule has 0 aromatic carbocycles. The fourth-order valence-corrected chi connectivity index (χ4v) is 2.60. The zero-order valence-corrected chi connectivity index (χ0v) is 11.3. The Morgan fingerprint density at radius 2 is 2.11 bits per heavy atom. The van der Waals surface area contributed by atoms with Crippen LogP contribution in [-0.4, -0.2) is 29.1 Å². The number of piperidine rings is 1. The van der Waals surface area contributed by atoms with Crippen molar-refractivity contribution in [2.75, 3.05) is 18.0 Å². The first-order valence-corrected chi connectivity index (χ1v) is 6.63. The van der Waals surface area contributed by atoms with Gasteiger partial charge in [0.1, 0.15) is 5.56 Å². The first-order valence-electron chi connectivity index (χ1n) is 6.63. The van der Waals surface area contributed by atoms with E-state index in [2.05, 4.69) is 18.8 Å². The summed E-state index contributed by atoms with van der Waals surface area (Å²) in [6.45, 7) is 5.86. The maximum atomic E-state index is 14.1. The van der Waals surface area contributed by atoms with Gasteiger partial charge in [-0.2, -0.15) is 0 Å². The fraction of sp³-hybridized carbons (Fsp3) is 0.571. The van der Waals surface area contributed by atoms with Crippen molar-refractivity contribution in [1.82, 2.24) is 4.98 Å². The molecule has 1 N–H and O–H groups in total. The Bertz CT molecular complexity index is 469. The van der Waals surface area contributed by atoms with E-state index in [4.69, 9.17) is 5.11 Å². The molecule has 1 fully saturated rings. The zero-order chi connectivity index (χ0) is 14.0. The van der Waals surface area contributed by atoms with E-state index in [0.29, 0.717) is 11.8 Å². The van der Waals surface area contributed by atoms with E-state index in [1.165, 1.54) is 12.3 Å². The number of rotatable bonds is 3. The number of halogens is 1. The number of aromatic carboxylic acids is 1. The van der Waals surface area contributed by atoms with E-state index in [1.807, 2.05) is 4.90 Å². The monoisotopic (exact) mass is 266 g/mol. The Balaban J connectivity index is 2.16. The van der Waals surface area contributed by atoms with Gasteiger partial charge in [-0.25, -0.2) is 14.2 Å². The van der Waals surface area contributed by atoms with E-state index in [9.17, 15) is 9.18 Å². The summed E-state index contributed by atoms with van der Waals surface area (Å²) in [5.74, 6) is -0.523. The van der Waals surface area contributed by atoms with Crippen LogP contribution in [0.25, 0.3) is 0 Å². The van der Waals surface area contributed by atoms with Gasteiger partial charge < -0.3 is 10.0 Å². The van der Waals surface area contributed by atoms with Crippen LogP contribution in [0.1, 0.15) is 37.0 Å². The second-order valence-electron chi connectivity index (χ2n) is 5.37. The molecule has 0 atom stereocenters. The maximum Gasteiger partial charge on any atom is 0.338 e. The minimum atomic E-state index is -1.25. The third kappa shape index (κ3) is 2.85. The Labute approximate surface area is 112 Å². The molecule has 1 aromatic heterocycles. The predicted octanol–water partition coefficient (Wildman–Crippen LogP) is 2.79. The number of hydrogen-bond acceptors (Lipinski definition) is 3. The van der Waals surface area contributed by atoms with Crippen molar-refractivity contribution in [3.8, 4) is 0 Å². The van der Waals surface area contributed by atoms with Crippen LogP contribution < -0.4 is 4.90 Å². The molecule has 104 valence electrons. The number of hydrogen-bond donors (Lipinski definition) is 1. The van der Waals surface area contributed by atoms with Crippen molar-refractivity contribution >= 4 is 11.8 Å². The average Bonchev–Trinajstić information content (AvgIpc) is 2.38. The van der Waals surface area contributed by atoms with Crippen LogP contribution in [0, 0.1) is 17.7 Å². The molecule has 1 aromatic rings. The van der Waals surface area contributed by atoms with Crippen LogP contribution in [-0.2, 0) is 0 Å². The molecule has 0 aliphatic carbocycles. The Hall–Kier alpha value is -1.65. The summed E-state index contributed by atoms with van der Waals surface area (Å²) in [4.78, 5) is 16.8. The van der Waals surface area contributed by atoms with Crippen LogP contribution in [0.2, 0.25) is 0 Å². The first kappa shape index (κ1) is 13.8. The molecule has 5 heteroatoms. The van der Waals surface area contributed by atoms with Crippen molar-refractivity contribution in [3.05, 3.63) is 23.6 Å². The standard InChI is InChI=1S/C14H19FN2O2/c1-9(2)10-4-7-17(8-5-10)13-12(15)11(14(18)19)3-6-16-13/h3,6,9-10H,4-5,7-8H2,1-2H3,(H,18,19). The zero-order valence-electron chi connectivity index (χ0n) is 11.3. The minimum Gasteiger partial charge on any atom is -0.478 e. The second-order valence-corrected chi connectivity index (χ2v) is 5.37. The lowest BCUT2D eigenvalue weighted by Crippen LogP contribution is -2.36. The summed E-state index contributed by atoms with van der Waals surface area (Å²) in [5, 5.41) is 8.92. The molecule has 0 spiro atoms. The van der Waals surface area contributed by atoms with Gasteiger partial charge in [0.2, 0.25) is 0 Å². The normalized spacial score (nSPS) is 16.9. The van der Waals surface area contributed by atoms with Crippen LogP contribution in [0.15, 0.2) is 12.3 Å². The first-order chi connectivity index (χ1) is 9.00. The van der Waals surface area contributed by atoms with E-state index in [1.54, 1.807) is 0 Å². The lowest BCUT2D eigenvalue weighted by molar-refractivity contribution is 0.0691. The topological polar surface area (TPSA) is 53.4 Å². The highest BCUT2D eigenvalue weighted by Gasteiger charge is 2.25. The third-order valence-electron chi connectivity index (χ3n) is 3.88. The summed E-state index contributed by atoms with van der Waals surface area (Å²) < 4.78 is 14.1. The number of pyridine rings is 1. The maximum absolute atomic E-state index is 14.1. The van der Waals surface area contributed by atoms with E-state index < -0.39 is 11.8 Å². The van der Waals surface area contributed by atoms with Gasteiger partial charge in [-0.3, -0.25) is 0 Å². The van der Waals surface area contributed by atoms with Crippen LogP contribution in [0.4, 0.5) is 10.2 Å². The molecule has 0 saturated carbocycles. The molecule has 1 aliphatic heterocycles. The van der Waals surface area contributed by atoms with Crippen molar-refractivity contribution in [2.45, 2.75) is 26.7 Å². The van der Waals surface area contributed by atoms with E-state index >= 15 is 0 Å². The third-order valence-corrected chi connectivity index (χ3v) is 3.88. The van der Waals surface area contributed by atoms with Crippen LogP contribution in [0.5, 0.6) is 0 Å². The molecule has 0 radical (unpaired) electrons. The van der Waals surface area contributed by atoms with Gasteiger partial charge in [0, 0.05) is 19.3 Å². The van der Waals surface area contributed by atoms with Gasteiger partial charge >= 0.3 is 5.97 Å². The quantitative estimate of drug-likeness (QED) is 0.914. The van der Waals surface area contributed by atoms with Gasteiger partial charge in [-0.05, 0) is 30.7 Å². The molecule has 1 saturated heterocycles. The molecular formula is C14H19FN2O2. The molecule has 2 heterocycles. The van der Waals surface area contributed by atoms with Crippen molar-refractivity contribution in [1.29, 1.82) is 0 Å². The summed E-state index contributed by atoms with van der Waals surface area (Å²) in [7, 11) is 0. The van der Waals surface area contributed by atoms with Gasteiger partial charge in [-0.1, -0.05) is 13.8 Å². The number of anilines is 1. The lowest BCUT2D eigenvalue weighted by Gasteiger charge is -2.34. The number of nitrogens with zero attached hydrogens (tertiary/aromatic N) is 2. The highest BCUT2D eigenvalue weighted by atomic mass is 19.1. The fourth-order valence-electron chi connectivity index (χ4n) is 2.60. The molecule has 4 nitrogen and oxygen atoms in total. The van der Waals surface area contributed by atoms with Crippen molar-refractivity contribution in [3.63, 3.8) is 0 Å². The molecule has 0 bridgehead atoms. The molecule has 0 unspecified atom stereocenters. The van der Waals surface area contributed by atoms with Crippen LogP contribution >= 0.6 is 0 Å². The summed E-state index contributed by atoms with van der Waals surface area (Å²) >= 11 is 0.